The van der Waals surface area contributed by atoms with Crippen molar-refractivity contribution >= 4 is 57.1 Å². The highest BCUT2D eigenvalue weighted by Gasteiger charge is 2.17. The van der Waals surface area contributed by atoms with Crippen molar-refractivity contribution in [1.29, 1.82) is 0 Å². The molecule has 0 saturated heterocycles. The monoisotopic (exact) mass is 463 g/mol. The molecule has 0 aliphatic carbocycles. The molecule has 1 aliphatic rings. The van der Waals surface area contributed by atoms with Gasteiger partial charge in [0.25, 0.3) is 0 Å². The van der Waals surface area contributed by atoms with Gasteiger partial charge in [-0.2, -0.15) is 0 Å². The summed E-state index contributed by atoms with van der Waals surface area (Å²) in [4.78, 5) is 22.1. The molecule has 162 valence electrons. The topological polar surface area (TPSA) is 63.0 Å². The molecule has 3 aromatic carbocycles. The number of carbonyl (C=O) groups excluding carboxylic acids is 1. The zero-order valence-corrected chi connectivity index (χ0v) is 19.1. The lowest BCUT2D eigenvalue weighted by Gasteiger charge is -2.09. The molecule has 0 saturated carbocycles. The van der Waals surface area contributed by atoms with Crippen LogP contribution in [0.5, 0.6) is 5.75 Å². The maximum atomic E-state index is 12.5. The second-order valence-corrected chi connectivity index (χ2v) is 8.52. The molecular weight excluding hydrogens is 442 g/mol. The molecule has 0 atom stereocenters. The number of hydrogen-bond acceptors (Lipinski definition) is 5. The van der Waals surface area contributed by atoms with E-state index >= 15 is 0 Å². The van der Waals surface area contributed by atoms with E-state index in [-0.39, 0.29) is 11.7 Å². The summed E-state index contributed by atoms with van der Waals surface area (Å²) in [6, 6.07) is 22.7. The third kappa shape index (κ3) is 5.78. The van der Waals surface area contributed by atoms with Crippen LogP contribution in [0.3, 0.4) is 0 Å². The number of amides is 1. The Hall–Kier alpha value is -3.09. The van der Waals surface area contributed by atoms with Gasteiger partial charge in [0.05, 0.1) is 34.5 Å². The van der Waals surface area contributed by atoms with Crippen LogP contribution in [0, 0.1) is 0 Å². The standard InChI is InChI=1S/C25H22ClN3O2S/c1-2-31-20-12-10-19(11-13-20)27-24(30)16-32-25-15-23(17-6-5-7-18(26)14-17)28-21-8-3-4-9-22(21)29-25/h3-14H,2,15-16H2,1H3,(H,27,30). The molecule has 1 amide bonds. The van der Waals surface area contributed by atoms with Gasteiger partial charge in [-0.3, -0.25) is 9.79 Å². The van der Waals surface area contributed by atoms with Crippen molar-refractivity contribution in [2.24, 2.45) is 9.98 Å². The fourth-order valence-corrected chi connectivity index (χ4v) is 4.18. The number of halogens is 1. The predicted octanol–water partition coefficient (Wildman–Crippen LogP) is 6.67. The number of thioether (sulfide) groups is 1. The number of hydrogen-bond donors (Lipinski definition) is 1. The van der Waals surface area contributed by atoms with Gasteiger partial charge in [-0.25, -0.2) is 4.99 Å². The molecule has 1 N–H and O–H groups in total. The summed E-state index contributed by atoms with van der Waals surface area (Å²) in [5.74, 6) is 0.927. The summed E-state index contributed by atoms with van der Waals surface area (Å²) in [6.45, 7) is 2.54. The summed E-state index contributed by atoms with van der Waals surface area (Å²) in [5, 5.41) is 4.40. The van der Waals surface area contributed by atoms with E-state index in [9.17, 15) is 4.79 Å². The SMILES string of the molecule is CCOc1ccc(NC(=O)CSC2=Nc3ccccc3N=C(c3cccc(Cl)c3)C2)cc1. The number of nitrogens with one attached hydrogen (secondary N) is 1. The first kappa shape index (κ1) is 22.1. The molecule has 0 fully saturated rings. The zero-order valence-electron chi connectivity index (χ0n) is 17.5. The number of carbonyl (C=O) groups is 1. The fraction of sp³-hybridized carbons (Fsp3) is 0.160. The zero-order chi connectivity index (χ0) is 22.3. The Balaban J connectivity index is 1.47. The smallest absolute Gasteiger partial charge is 0.234 e. The van der Waals surface area contributed by atoms with Crippen LogP contribution in [0.2, 0.25) is 5.02 Å². The Labute approximate surface area is 196 Å². The van der Waals surface area contributed by atoms with Crippen molar-refractivity contribution in [2.45, 2.75) is 13.3 Å². The average molecular weight is 464 g/mol. The van der Waals surface area contributed by atoms with Gasteiger partial charge in [-0.05, 0) is 61.0 Å². The molecule has 3 aromatic rings. The summed E-state index contributed by atoms with van der Waals surface area (Å²) in [7, 11) is 0. The number of fused-ring (bicyclic) bond motifs is 1. The Kier molecular flexibility index (Phi) is 7.24. The van der Waals surface area contributed by atoms with Crippen LogP contribution in [0.25, 0.3) is 0 Å². The molecule has 4 rings (SSSR count). The van der Waals surface area contributed by atoms with Crippen molar-refractivity contribution in [1.82, 2.24) is 0 Å². The number of benzene rings is 3. The maximum absolute atomic E-state index is 12.5. The normalized spacial score (nSPS) is 12.8. The molecular formula is C25H22ClN3O2S. The number of nitrogens with zero attached hydrogens (tertiary/aromatic N) is 2. The molecule has 7 heteroatoms. The lowest BCUT2D eigenvalue weighted by atomic mass is 10.1. The second-order valence-electron chi connectivity index (χ2n) is 7.03. The van der Waals surface area contributed by atoms with Gasteiger partial charge in [0.15, 0.2) is 0 Å². The van der Waals surface area contributed by atoms with Gasteiger partial charge in [-0.15, -0.1) is 11.8 Å². The highest BCUT2D eigenvalue weighted by molar-refractivity contribution is 8.14. The van der Waals surface area contributed by atoms with Gasteiger partial charge in [0.2, 0.25) is 5.91 Å². The number of anilines is 1. The minimum absolute atomic E-state index is 0.0966. The van der Waals surface area contributed by atoms with Crippen LogP contribution in [0.4, 0.5) is 17.1 Å². The van der Waals surface area contributed by atoms with E-state index in [1.807, 2.05) is 79.7 Å². The van der Waals surface area contributed by atoms with E-state index in [0.717, 1.165) is 39.1 Å². The summed E-state index contributed by atoms with van der Waals surface area (Å²) >= 11 is 7.61. The maximum Gasteiger partial charge on any atom is 0.234 e. The van der Waals surface area contributed by atoms with E-state index in [1.165, 1.54) is 11.8 Å². The van der Waals surface area contributed by atoms with Crippen molar-refractivity contribution < 1.29 is 9.53 Å². The Bertz CT molecular complexity index is 1180. The quantitative estimate of drug-likeness (QED) is 0.444. The highest BCUT2D eigenvalue weighted by Crippen LogP contribution is 2.33. The molecule has 5 nitrogen and oxygen atoms in total. The van der Waals surface area contributed by atoms with Crippen molar-refractivity contribution in [3.05, 3.63) is 83.4 Å². The van der Waals surface area contributed by atoms with Gasteiger partial charge in [-0.1, -0.05) is 35.9 Å². The van der Waals surface area contributed by atoms with Gasteiger partial charge >= 0.3 is 0 Å². The minimum Gasteiger partial charge on any atom is -0.494 e. The van der Waals surface area contributed by atoms with Gasteiger partial charge in [0.1, 0.15) is 5.75 Å². The number of aliphatic imine (C=N–C) groups is 2. The lowest BCUT2D eigenvalue weighted by molar-refractivity contribution is -0.113. The fourth-order valence-electron chi connectivity index (χ4n) is 3.22. The van der Waals surface area contributed by atoms with Crippen molar-refractivity contribution in [3.63, 3.8) is 0 Å². The van der Waals surface area contributed by atoms with Crippen LogP contribution in [0.15, 0.2) is 82.8 Å². The first-order chi connectivity index (χ1) is 15.6. The van der Waals surface area contributed by atoms with E-state index in [0.29, 0.717) is 18.1 Å². The second kappa shape index (κ2) is 10.5. The Morgan fingerprint density at radius 3 is 2.50 bits per heavy atom. The molecule has 0 bridgehead atoms. The largest absolute Gasteiger partial charge is 0.494 e. The first-order valence-electron chi connectivity index (χ1n) is 10.3. The summed E-state index contributed by atoms with van der Waals surface area (Å²) in [5.41, 5.74) is 4.14. The van der Waals surface area contributed by atoms with E-state index in [4.69, 9.17) is 26.3 Å². The molecule has 0 aromatic heterocycles. The highest BCUT2D eigenvalue weighted by atomic mass is 35.5. The van der Waals surface area contributed by atoms with E-state index in [1.54, 1.807) is 0 Å². The number of rotatable bonds is 6. The summed E-state index contributed by atoms with van der Waals surface area (Å²) in [6.07, 6.45) is 0.524. The number of ether oxygens (including phenoxy) is 1. The molecule has 1 aliphatic heterocycles. The van der Waals surface area contributed by atoms with Gasteiger partial charge in [0, 0.05) is 17.1 Å². The van der Waals surface area contributed by atoms with Gasteiger partial charge < -0.3 is 10.1 Å². The van der Waals surface area contributed by atoms with Crippen LogP contribution < -0.4 is 10.1 Å². The van der Waals surface area contributed by atoms with Crippen LogP contribution >= 0.6 is 23.4 Å². The summed E-state index contributed by atoms with van der Waals surface area (Å²) < 4.78 is 5.44. The molecule has 1 heterocycles. The molecule has 32 heavy (non-hydrogen) atoms. The third-order valence-corrected chi connectivity index (χ3v) is 5.89. The lowest BCUT2D eigenvalue weighted by Crippen LogP contribution is -2.16. The average Bonchev–Trinajstić information content (AvgIpc) is 2.99. The van der Waals surface area contributed by atoms with Crippen molar-refractivity contribution in [3.8, 4) is 5.75 Å². The molecule has 0 spiro atoms. The van der Waals surface area contributed by atoms with Crippen LogP contribution in [-0.2, 0) is 4.79 Å². The third-order valence-electron chi connectivity index (χ3n) is 4.68. The Morgan fingerprint density at radius 1 is 1.03 bits per heavy atom. The van der Waals surface area contributed by atoms with E-state index in [2.05, 4.69) is 5.32 Å². The molecule has 0 unspecified atom stereocenters. The van der Waals surface area contributed by atoms with Crippen molar-refractivity contribution in [2.75, 3.05) is 17.7 Å². The number of para-hydroxylation sites is 2. The van der Waals surface area contributed by atoms with Crippen LogP contribution in [-0.4, -0.2) is 29.0 Å². The van der Waals surface area contributed by atoms with E-state index < -0.39 is 0 Å². The van der Waals surface area contributed by atoms with Crippen LogP contribution in [0.1, 0.15) is 18.9 Å². The Morgan fingerprint density at radius 2 is 1.78 bits per heavy atom. The molecule has 0 radical (unpaired) electrons. The first-order valence-corrected chi connectivity index (χ1v) is 11.6. The minimum atomic E-state index is -0.0966. The predicted molar refractivity (Wildman–Crippen MR) is 135 cm³/mol.